The summed E-state index contributed by atoms with van der Waals surface area (Å²) in [5.41, 5.74) is 2.85. The molecule has 2 aromatic carbocycles. The van der Waals surface area contributed by atoms with Gasteiger partial charge in [-0.15, -0.1) is 0 Å². The van der Waals surface area contributed by atoms with Crippen molar-refractivity contribution >= 4 is 5.91 Å². The predicted molar refractivity (Wildman–Crippen MR) is 122 cm³/mol. The Morgan fingerprint density at radius 3 is 2.36 bits per heavy atom. The molecule has 0 saturated heterocycles. The lowest BCUT2D eigenvalue weighted by Gasteiger charge is -2.25. The Labute approximate surface area is 192 Å². The number of aliphatic hydroxyl groups is 1. The van der Waals surface area contributed by atoms with E-state index in [-0.39, 0.29) is 18.5 Å². The zero-order valence-electron chi connectivity index (χ0n) is 18.7. The molecular weight excluding hydrogens is 426 g/mol. The zero-order chi connectivity index (χ0) is 23.8. The van der Waals surface area contributed by atoms with Crippen LogP contribution >= 0.6 is 0 Å². The molecule has 174 valence electrons. The van der Waals surface area contributed by atoms with Crippen LogP contribution in [0.1, 0.15) is 39.8 Å². The van der Waals surface area contributed by atoms with Crippen LogP contribution in [0.4, 0.5) is 8.78 Å². The van der Waals surface area contributed by atoms with Gasteiger partial charge in [0.2, 0.25) is 0 Å². The predicted octanol–water partition coefficient (Wildman–Crippen LogP) is 3.12. The molecule has 3 aromatic rings. The van der Waals surface area contributed by atoms with Crippen LogP contribution in [0.25, 0.3) is 0 Å². The molecule has 6 nitrogen and oxygen atoms in total. The third-order valence-corrected chi connectivity index (χ3v) is 5.28. The van der Waals surface area contributed by atoms with Gasteiger partial charge in [-0.2, -0.15) is 0 Å². The van der Waals surface area contributed by atoms with E-state index in [1.165, 1.54) is 30.1 Å². The number of aliphatic hydroxyl groups excluding tert-OH is 1. The van der Waals surface area contributed by atoms with E-state index in [1.807, 2.05) is 12.1 Å². The van der Waals surface area contributed by atoms with E-state index in [1.54, 1.807) is 6.92 Å². The fourth-order valence-corrected chi connectivity index (χ4v) is 3.49. The Balaban J connectivity index is 1.70. The largest absolute Gasteiger partial charge is 0.390 e. The first-order valence-corrected chi connectivity index (χ1v) is 10.8. The monoisotopic (exact) mass is 454 g/mol. The summed E-state index contributed by atoms with van der Waals surface area (Å²) < 4.78 is 27.4. The maximum atomic E-state index is 13.7. The van der Waals surface area contributed by atoms with Gasteiger partial charge in [0.1, 0.15) is 17.5 Å². The molecule has 0 unspecified atom stereocenters. The molecule has 0 spiro atoms. The number of aryl methyl sites for hydroxylation is 2. The second-order valence-electron chi connectivity index (χ2n) is 7.95. The van der Waals surface area contributed by atoms with Crippen molar-refractivity contribution in [3.63, 3.8) is 0 Å². The Kier molecular flexibility index (Phi) is 8.57. The number of amides is 1. The summed E-state index contributed by atoms with van der Waals surface area (Å²) in [6.45, 7) is 4.49. The SMILES string of the molecule is CCc1cccc(CNC[C@H](O)[C@H](Cc2cc(F)cc(F)c2)NC(=O)c2cnc(C)nc2)c1. The number of nitrogens with zero attached hydrogens (tertiary/aromatic N) is 2. The summed E-state index contributed by atoms with van der Waals surface area (Å²) in [5.74, 6) is -1.39. The van der Waals surface area contributed by atoms with E-state index in [2.05, 4.69) is 39.7 Å². The van der Waals surface area contributed by atoms with E-state index in [0.717, 1.165) is 18.1 Å². The van der Waals surface area contributed by atoms with Crippen LogP contribution in [-0.4, -0.2) is 39.7 Å². The van der Waals surface area contributed by atoms with Gasteiger partial charge in [0.05, 0.1) is 17.7 Å². The number of aromatic nitrogens is 2. The number of halogens is 2. The van der Waals surface area contributed by atoms with Gasteiger partial charge in [-0.05, 0) is 48.6 Å². The molecule has 8 heteroatoms. The first kappa shape index (κ1) is 24.4. The third kappa shape index (κ3) is 7.40. The molecule has 0 bridgehead atoms. The molecule has 1 aromatic heterocycles. The number of rotatable bonds is 10. The van der Waals surface area contributed by atoms with Gasteiger partial charge < -0.3 is 15.7 Å². The molecule has 3 N–H and O–H groups in total. The first-order valence-electron chi connectivity index (χ1n) is 10.8. The van der Waals surface area contributed by atoms with Crippen molar-refractivity contribution in [3.8, 4) is 0 Å². The van der Waals surface area contributed by atoms with Crippen LogP contribution < -0.4 is 10.6 Å². The minimum absolute atomic E-state index is 0.0430. The molecule has 33 heavy (non-hydrogen) atoms. The Morgan fingerprint density at radius 1 is 1.03 bits per heavy atom. The molecule has 1 amide bonds. The van der Waals surface area contributed by atoms with Gasteiger partial charge in [-0.25, -0.2) is 18.7 Å². The molecule has 0 aliphatic heterocycles. The maximum absolute atomic E-state index is 13.7. The van der Waals surface area contributed by atoms with Crippen LogP contribution in [0.2, 0.25) is 0 Å². The van der Waals surface area contributed by atoms with E-state index < -0.39 is 29.7 Å². The lowest BCUT2D eigenvalue weighted by atomic mass is 10.00. The highest BCUT2D eigenvalue weighted by atomic mass is 19.1. The average Bonchev–Trinajstić information content (AvgIpc) is 2.78. The second-order valence-corrected chi connectivity index (χ2v) is 7.95. The standard InChI is InChI=1S/C25H28F2N4O2/c1-3-17-5-4-6-18(7-17)12-28-15-24(32)23(10-19-8-21(26)11-22(27)9-19)31-25(33)20-13-29-16(2)30-14-20/h4-9,11,13-14,23-24,28,32H,3,10,12,15H2,1-2H3,(H,31,33)/t23-,24-/m0/s1. The number of hydrogen-bond donors (Lipinski definition) is 3. The topological polar surface area (TPSA) is 87.1 Å². The minimum Gasteiger partial charge on any atom is -0.390 e. The van der Waals surface area contributed by atoms with Crippen molar-refractivity contribution in [2.75, 3.05) is 6.54 Å². The van der Waals surface area contributed by atoms with Crippen molar-refractivity contribution in [1.82, 2.24) is 20.6 Å². The molecule has 0 aliphatic rings. The van der Waals surface area contributed by atoms with Crippen molar-refractivity contribution in [2.24, 2.45) is 0 Å². The van der Waals surface area contributed by atoms with Crippen molar-refractivity contribution in [2.45, 2.75) is 45.4 Å². The van der Waals surface area contributed by atoms with Gasteiger partial charge in [0.15, 0.2) is 0 Å². The van der Waals surface area contributed by atoms with Crippen molar-refractivity contribution in [1.29, 1.82) is 0 Å². The van der Waals surface area contributed by atoms with Crippen LogP contribution in [0, 0.1) is 18.6 Å². The summed E-state index contributed by atoms with van der Waals surface area (Å²) in [5, 5.41) is 16.8. The number of benzene rings is 2. The Hall–Kier alpha value is -3.23. The van der Waals surface area contributed by atoms with Crippen molar-refractivity contribution in [3.05, 3.63) is 94.6 Å². The molecule has 0 aliphatic carbocycles. The number of hydrogen-bond acceptors (Lipinski definition) is 5. The smallest absolute Gasteiger partial charge is 0.254 e. The quantitative estimate of drug-likeness (QED) is 0.438. The lowest BCUT2D eigenvalue weighted by molar-refractivity contribution is 0.0829. The average molecular weight is 455 g/mol. The number of carbonyl (C=O) groups is 1. The van der Waals surface area contributed by atoms with Gasteiger partial charge >= 0.3 is 0 Å². The second kappa shape index (κ2) is 11.6. The normalized spacial score (nSPS) is 12.9. The Morgan fingerprint density at radius 2 is 1.70 bits per heavy atom. The molecule has 0 saturated carbocycles. The fourth-order valence-electron chi connectivity index (χ4n) is 3.49. The summed E-state index contributed by atoms with van der Waals surface area (Å²) in [6, 6.07) is 10.5. The molecule has 3 rings (SSSR count). The van der Waals surface area contributed by atoms with Crippen LogP contribution in [0.15, 0.2) is 54.9 Å². The number of carbonyl (C=O) groups excluding carboxylic acids is 1. The molecular formula is C25H28F2N4O2. The summed E-state index contributed by atoms with van der Waals surface area (Å²) in [7, 11) is 0. The van der Waals surface area contributed by atoms with E-state index in [9.17, 15) is 18.7 Å². The fraction of sp³-hybridized carbons (Fsp3) is 0.320. The highest BCUT2D eigenvalue weighted by molar-refractivity contribution is 5.93. The highest BCUT2D eigenvalue weighted by Gasteiger charge is 2.23. The molecule has 1 heterocycles. The van der Waals surface area contributed by atoms with Gasteiger partial charge in [-0.3, -0.25) is 4.79 Å². The van der Waals surface area contributed by atoms with E-state index in [0.29, 0.717) is 17.9 Å². The number of nitrogens with one attached hydrogen (secondary N) is 2. The molecule has 2 atom stereocenters. The van der Waals surface area contributed by atoms with Gasteiger partial charge in [0, 0.05) is 31.5 Å². The Bertz CT molecular complexity index is 1060. The molecule has 0 radical (unpaired) electrons. The van der Waals surface area contributed by atoms with Crippen LogP contribution in [-0.2, 0) is 19.4 Å². The first-order chi connectivity index (χ1) is 15.8. The summed E-state index contributed by atoms with van der Waals surface area (Å²) in [4.78, 5) is 20.7. The summed E-state index contributed by atoms with van der Waals surface area (Å²) in [6.07, 6.45) is 2.74. The van der Waals surface area contributed by atoms with E-state index >= 15 is 0 Å². The van der Waals surface area contributed by atoms with Crippen LogP contribution in [0.3, 0.4) is 0 Å². The molecule has 0 fully saturated rings. The highest BCUT2D eigenvalue weighted by Crippen LogP contribution is 2.13. The van der Waals surface area contributed by atoms with Gasteiger partial charge in [0.25, 0.3) is 5.91 Å². The third-order valence-electron chi connectivity index (χ3n) is 5.28. The van der Waals surface area contributed by atoms with E-state index in [4.69, 9.17) is 0 Å². The maximum Gasteiger partial charge on any atom is 0.254 e. The summed E-state index contributed by atoms with van der Waals surface area (Å²) >= 11 is 0. The van der Waals surface area contributed by atoms with Crippen molar-refractivity contribution < 1.29 is 18.7 Å². The minimum atomic E-state index is -1.01. The zero-order valence-corrected chi connectivity index (χ0v) is 18.7. The lowest BCUT2D eigenvalue weighted by Crippen LogP contribution is -2.48. The van der Waals surface area contributed by atoms with Crippen LogP contribution in [0.5, 0.6) is 0 Å². The van der Waals surface area contributed by atoms with Gasteiger partial charge in [-0.1, -0.05) is 31.2 Å².